The average Bonchev–Trinajstić information content (AvgIpc) is 2.54. The van der Waals surface area contributed by atoms with E-state index in [9.17, 15) is 4.79 Å². The molecule has 0 unspecified atom stereocenters. The fourth-order valence-electron chi connectivity index (χ4n) is 2.38. The number of carbonyl (C=O) groups is 1. The molecule has 0 radical (unpaired) electrons. The van der Waals surface area contributed by atoms with Crippen molar-refractivity contribution in [2.75, 3.05) is 5.32 Å². The molecule has 0 heterocycles. The van der Waals surface area contributed by atoms with Crippen LogP contribution in [0.2, 0.25) is 0 Å². The Bertz CT molecular complexity index is 626. The smallest absolute Gasteiger partial charge is 0.265 e. The molecule has 2 rings (SSSR count). The van der Waals surface area contributed by atoms with Gasteiger partial charge in [0.2, 0.25) is 0 Å². The topological polar surface area (TPSA) is 61.4 Å². The van der Waals surface area contributed by atoms with E-state index >= 15 is 0 Å². The van der Waals surface area contributed by atoms with Gasteiger partial charge < -0.3 is 5.32 Å². The summed E-state index contributed by atoms with van der Waals surface area (Å²) in [7, 11) is 0. The van der Waals surface area contributed by atoms with Crippen molar-refractivity contribution in [2.24, 2.45) is 0 Å². The number of hydrogen-bond donors (Lipinski definition) is 3. The maximum atomic E-state index is 11.9. The molecule has 1 amide bonds. The lowest BCUT2D eigenvalue weighted by Crippen LogP contribution is -2.38. The highest BCUT2D eigenvalue weighted by molar-refractivity contribution is 5.83. The summed E-state index contributed by atoms with van der Waals surface area (Å²) in [4.78, 5) is 11.9. The Morgan fingerprint density at radius 3 is 2.55 bits per heavy atom. The maximum absolute atomic E-state index is 11.9. The third kappa shape index (κ3) is 4.33. The molecular weight excluding hydrogens is 276 g/mol. The maximum Gasteiger partial charge on any atom is 0.265 e. The molecule has 0 aliphatic carbocycles. The molecular formula is C18H22N2O2. The van der Waals surface area contributed by atoms with Gasteiger partial charge in [0.15, 0.2) is 0 Å². The van der Waals surface area contributed by atoms with Crippen molar-refractivity contribution in [1.29, 1.82) is 0 Å². The Morgan fingerprint density at radius 1 is 1.14 bits per heavy atom. The van der Waals surface area contributed by atoms with Crippen LogP contribution in [0, 0.1) is 13.8 Å². The zero-order chi connectivity index (χ0) is 15.9. The minimum absolute atomic E-state index is 0.420. The highest BCUT2D eigenvalue weighted by atomic mass is 16.5. The summed E-state index contributed by atoms with van der Waals surface area (Å²) in [6, 6.07) is 15.6. The van der Waals surface area contributed by atoms with Crippen LogP contribution in [0.15, 0.2) is 48.5 Å². The molecule has 0 bridgehead atoms. The minimum atomic E-state index is -0.481. The van der Waals surface area contributed by atoms with Gasteiger partial charge in [-0.15, -0.1) is 0 Å². The predicted octanol–water partition coefficient (Wildman–Crippen LogP) is 3.22. The molecule has 116 valence electrons. The van der Waals surface area contributed by atoms with Gasteiger partial charge in [-0.2, -0.15) is 0 Å². The zero-order valence-corrected chi connectivity index (χ0v) is 13.0. The van der Waals surface area contributed by atoms with Crippen molar-refractivity contribution >= 4 is 11.6 Å². The van der Waals surface area contributed by atoms with E-state index in [-0.39, 0.29) is 0 Å². The van der Waals surface area contributed by atoms with Gasteiger partial charge in [-0.25, -0.2) is 5.48 Å². The summed E-state index contributed by atoms with van der Waals surface area (Å²) in [5.41, 5.74) is 6.03. The fourth-order valence-corrected chi connectivity index (χ4v) is 2.38. The number of amides is 1. The molecule has 0 fully saturated rings. The molecule has 0 saturated carbocycles. The first kappa shape index (κ1) is 16.0. The number of hydrogen-bond acceptors (Lipinski definition) is 3. The number of carbonyl (C=O) groups excluding carboxylic acids is 1. The van der Waals surface area contributed by atoms with Crippen molar-refractivity contribution in [1.82, 2.24) is 5.48 Å². The molecule has 4 heteroatoms. The molecule has 0 aliphatic rings. The third-order valence-electron chi connectivity index (χ3n) is 3.71. The van der Waals surface area contributed by atoms with Gasteiger partial charge in [-0.05, 0) is 49.4 Å². The van der Waals surface area contributed by atoms with Crippen LogP contribution in [0.1, 0.15) is 23.1 Å². The quantitative estimate of drug-likeness (QED) is 0.567. The van der Waals surface area contributed by atoms with Crippen LogP contribution in [0.5, 0.6) is 0 Å². The molecule has 2 aromatic rings. The Morgan fingerprint density at radius 2 is 1.86 bits per heavy atom. The van der Waals surface area contributed by atoms with Crippen LogP contribution >= 0.6 is 0 Å². The second-order valence-corrected chi connectivity index (χ2v) is 5.52. The molecule has 0 spiro atoms. The lowest BCUT2D eigenvalue weighted by atomic mass is 10.0. The van der Waals surface area contributed by atoms with E-state index in [2.05, 4.69) is 5.32 Å². The van der Waals surface area contributed by atoms with E-state index in [4.69, 9.17) is 5.21 Å². The van der Waals surface area contributed by atoms with E-state index in [1.165, 1.54) is 5.56 Å². The summed E-state index contributed by atoms with van der Waals surface area (Å²) >= 11 is 0. The van der Waals surface area contributed by atoms with Gasteiger partial charge >= 0.3 is 0 Å². The summed E-state index contributed by atoms with van der Waals surface area (Å²) in [5, 5.41) is 12.2. The monoisotopic (exact) mass is 298 g/mol. The molecule has 2 aromatic carbocycles. The van der Waals surface area contributed by atoms with Crippen LogP contribution in [0.25, 0.3) is 0 Å². The van der Waals surface area contributed by atoms with Gasteiger partial charge in [0.05, 0.1) is 0 Å². The largest absolute Gasteiger partial charge is 0.373 e. The van der Waals surface area contributed by atoms with E-state index in [1.54, 1.807) is 5.48 Å². The Balaban J connectivity index is 2.09. The van der Waals surface area contributed by atoms with Crippen molar-refractivity contribution < 1.29 is 10.0 Å². The summed E-state index contributed by atoms with van der Waals surface area (Å²) < 4.78 is 0. The van der Waals surface area contributed by atoms with Gasteiger partial charge in [0, 0.05) is 5.69 Å². The molecule has 4 nitrogen and oxygen atoms in total. The lowest BCUT2D eigenvalue weighted by molar-refractivity contribution is -0.130. The molecule has 3 N–H and O–H groups in total. The first-order valence-electron chi connectivity index (χ1n) is 7.42. The van der Waals surface area contributed by atoms with Crippen LogP contribution in [0.4, 0.5) is 5.69 Å². The fraction of sp³-hybridized carbons (Fsp3) is 0.278. The average molecular weight is 298 g/mol. The summed E-state index contributed by atoms with van der Waals surface area (Å²) in [6.45, 7) is 4.00. The second-order valence-electron chi connectivity index (χ2n) is 5.52. The van der Waals surface area contributed by atoms with E-state index in [0.29, 0.717) is 6.42 Å². The number of aryl methyl sites for hydroxylation is 3. The number of hydroxylamine groups is 1. The molecule has 1 atom stereocenters. The number of rotatable bonds is 6. The zero-order valence-electron chi connectivity index (χ0n) is 13.0. The van der Waals surface area contributed by atoms with E-state index in [1.807, 2.05) is 62.4 Å². The predicted molar refractivity (Wildman–Crippen MR) is 88.0 cm³/mol. The Hall–Kier alpha value is -2.33. The van der Waals surface area contributed by atoms with E-state index in [0.717, 1.165) is 23.2 Å². The summed E-state index contributed by atoms with van der Waals surface area (Å²) in [6.07, 6.45) is 1.36. The first-order valence-corrected chi connectivity index (χ1v) is 7.42. The third-order valence-corrected chi connectivity index (χ3v) is 3.71. The Labute approximate surface area is 131 Å². The van der Waals surface area contributed by atoms with Crippen LogP contribution < -0.4 is 10.8 Å². The van der Waals surface area contributed by atoms with Crippen LogP contribution in [0.3, 0.4) is 0 Å². The van der Waals surface area contributed by atoms with Gasteiger partial charge in [-0.3, -0.25) is 10.0 Å². The van der Waals surface area contributed by atoms with Crippen molar-refractivity contribution in [3.8, 4) is 0 Å². The summed E-state index contributed by atoms with van der Waals surface area (Å²) in [5.74, 6) is -0.420. The number of anilines is 1. The Kier molecular flexibility index (Phi) is 5.55. The number of nitrogens with one attached hydrogen (secondary N) is 2. The van der Waals surface area contributed by atoms with Crippen molar-refractivity contribution in [3.63, 3.8) is 0 Å². The highest BCUT2D eigenvalue weighted by Gasteiger charge is 2.18. The van der Waals surface area contributed by atoms with Gasteiger partial charge in [0.1, 0.15) is 6.04 Å². The van der Waals surface area contributed by atoms with Gasteiger partial charge in [-0.1, -0.05) is 42.5 Å². The van der Waals surface area contributed by atoms with E-state index < -0.39 is 11.9 Å². The molecule has 0 aromatic heterocycles. The molecule has 0 aliphatic heterocycles. The van der Waals surface area contributed by atoms with Crippen molar-refractivity contribution in [2.45, 2.75) is 32.7 Å². The number of benzene rings is 2. The minimum Gasteiger partial charge on any atom is -0.373 e. The first-order chi connectivity index (χ1) is 10.6. The SMILES string of the molecule is Cc1ccc(C)c(N[C@@H](CCc2ccccc2)C(=O)NO)c1. The van der Waals surface area contributed by atoms with Gasteiger partial charge in [0.25, 0.3) is 5.91 Å². The molecule has 22 heavy (non-hydrogen) atoms. The molecule has 0 saturated heterocycles. The normalized spacial score (nSPS) is 11.8. The second kappa shape index (κ2) is 7.61. The van der Waals surface area contributed by atoms with Crippen molar-refractivity contribution in [3.05, 3.63) is 65.2 Å². The highest BCUT2D eigenvalue weighted by Crippen LogP contribution is 2.19. The standard InChI is InChI=1S/C18H22N2O2/c1-13-8-9-14(2)17(12-13)19-16(18(21)20-22)11-10-15-6-4-3-5-7-15/h3-9,12,16,19,22H,10-11H2,1-2H3,(H,20,21)/t16-/m0/s1. The lowest BCUT2D eigenvalue weighted by Gasteiger charge is -2.19. The van der Waals surface area contributed by atoms with Crippen LogP contribution in [-0.4, -0.2) is 17.2 Å². The van der Waals surface area contributed by atoms with Crippen LogP contribution in [-0.2, 0) is 11.2 Å².